The fourth-order valence-corrected chi connectivity index (χ4v) is 3.46. The third-order valence-corrected chi connectivity index (χ3v) is 5.23. The van der Waals surface area contributed by atoms with Crippen molar-refractivity contribution in [3.05, 3.63) is 52.7 Å². The molecule has 0 radical (unpaired) electrons. The number of aromatic nitrogens is 3. The van der Waals surface area contributed by atoms with Crippen LogP contribution < -0.4 is 0 Å². The highest BCUT2D eigenvalue weighted by molar-refractivity contribution is 7.98. The lowest BCUT2D eigenvalue weighted by Gasteiger charge is -2.08. The van der Waals surface area contributed by atoms with E-state index in [9.17, 15) is 0 Å². The molecule has 2 aromatic heterocycles. The van der Waals surface area contributed by atoms with Gasteiger partial charge >= 0.3 is 0 Å². The molecule has 0 N–H and O–H groups in total. The van der Waals surface area contributed by atoms with Crippen LogP contribution in [-0.4, -0.2) is 20.8 Å². The number of imidazole rings is 1. The van der Waals surface area contributed by atoms with Crippen molar-refractivity contribution in [1.82, 2.24) is 14.5 Å². The van der Waals surface area contributed by atoms with E-state index in [1.807, 2.05) is 17.9 Å². The summed E-state index contributed by atoms with van der Waals surface area (Å²) in [5, 5.41) is 0. The van der Waals surface area contributed by atoms with E-state index in [1.165, 1.54) is 15.3 Å². The minimum absolute atomic E-state index is 0.933. The molecule has 108 valence electrons. The van der Waals surface area contributed by atoms with Gasteiger partial charge in [0.15, 0.2) is 0 Å². The van der Waals surface area contributed by atoms with Crippen molar-refractivity contribution in [2.75, 3.05) is 6.26 Å². The van der Waals surface area contributed by atoms with Gasteiger partial charge in [0.25, 0.3) is 0 Å². The van der Waals surface area contributed by atoms with Gasteiger partial charge < -0.3 is 4.57 Å². The van der Waals surface area contributed by atoms with E-state index in [0.717, 1.165) is 24.5 Å². The van der Waals surface area contributed by atoms with Gasteiger partial charge in [0.05, 0.1) is 11.2 Å². The van der Waals surface area contributed by atoms with Gasteiger partial charge in [0.1, 0.15) is 5.82 Å². The highest BCUT2D eigenvalue weighted by Crippen LogP contribution is 2.22. The highest BCUT2D eigenvalue weighted by atomic mass is 32.2. The zero-order chi connectivity index (χ0) is 14.7. The van der Waals surface area contributed by atoms with Crippen molar-refractivity contribution in [1.29, 1.82) is 0 Å². The second-order valence-electron chi connectivity index (χ2n) is 4.78. The number of thioether (sulfide) groups is 1. The minimum atomic E-state index is 0.933. The molecule has 0 aliphatic rings. The average molecular weight is 315 g/mol. The second kappa shape index (κ2) is 6.45. The normalized spacial score (nSPS) is 11.0. The largest absolute Gasteiger partial charge is 0.331 e. The first-order valence-electron chi connectivity index (χ1n) is 6.82. The van der Waals surface area contributed by atoms with Gasteiger partial charge in [-0.05, 0) is 25.3 Å². The van der Waals surface area contributed by atoms with Crippen molar-refractivity contribution >= 4 is 23.1 Å². The Balaban J connectivity index is 1.78. The first-order valence-corrected chi connectivity index (χ1v) is 8.93. The van der Waals surface area contributed by atoms with Crippen LogP contribution in [0.4, 0.5) is 0 Å². The fraction of sp³-hybridized carbons (Fsp3) is 0.250. The summed E-state index contributed by atoms with van der Waals surface area (Å²) in [4.78, 5) is 11.4. The maximum atomic E-state index is 4.51. The lowest BCUT2D eigenvalue weighted by atomic mass is 10.2. The molecule has 0 spiro atoms. The quantitative estimate of drug-likeness (QED) is 0.658. The van der Waals surface area contributed by atoms with Crippen LogP contribution in [0.25, 0.3) is 11.4 Å². The first kappa shape index (κ1) is 14.4. The standard InChI is InChI=1S/C16H17N3S2/c1-12-15(21-11-18-12)7-9-19-10-8-17-16(19)13-3-5-14(20-2)6-4-13/h3-6,8,10-11H,7,9H2,1-2H3. The molecule has 0 amide bonds. The van der Waals surface area contributed by atoms with Gasteiger partial charge in [0, 0.05) is 40.7 Å². The summed E-state index contributed by atoms with van der Waals surface area (Å²) in [5.74, 6) is 1.03. The molecule has 0 saturated heterocycles. The zero-order valence-corrected chi connectivity index (χ0v) is 13.7. The number of rotatable bonds is 5. The Bertz CT molecular complexity index is 713. The molecule has 0 atom stereocenters. The smallest absolute Gasteiger partial charge is 0.139 e. The summed E-state index contributed by atoms with van der Waals surface area (Å²) in [6, 6.07) is 8.57. The molecular weight excluding hydrogens is 298 g/mol. The first-order chi connectivity index (χ1) is 10.3. The van der Waals surface area contributed by atoms with Gasteiger partial charge in [-0.15, -0.1) is 23.1 Å². The van der Waals surface area contributed by atoms with Crippen LogP contribution in [0.15, 0.2) is 47.1 Å². The fourth-order valence-electron chi connectivity index (χ4n) is 2.28. The Morgan fingerprint density at radius 3 is 2.67 bits per heavy atom. The minimum Gasteiger partial charge on any atom is -0.331 e. The van der Waals surface area contributed by atoms with E-state index < -0.39 is 0 Å². The molecule has 0 fully saturated rings. The predicted molar refractivity (Wildman–Crippen MR) is 90.0 cm³/mol. The van der Waals surface area contributed by atoms with Crippen LogP contribution in [-0.2, 0) is 13.0 Å². The maximum Gasteiger partial charge on any atom is 0.139 e. The van der Waals surface area contributed by atoms with Crippen LogP contribution >= 0.6 is 23.1 Å². The summed E-state index contributed by atoms with van der Waals surface area (Å²) in [7, 11) is 0. The van der Waals surface area contributed by atoms with Gasteiger partial charge in [-0.25, -0.2) is 9.97 Å². The summed E-state index contributed by atoms with van der Waals surface area (Å²) in [5.41, 5.74) is 4.23. The molecule has 0 aliphatic carbocycles. The molecule has 2 heterocycles. The summed E-state index contributed by atoms with van der Waals surface area (Å²) < 4.78 is 2.22. The highest BCUT2D eigenvalue weighted by Gasteiger charge is 2.07. The number of nitrogens with zero attached hydrogens (tertiary/aromatic N) is 3. The summed E-state index contributed by atoms with van der Waals surface area (Å²) >= 11 is 3.49. The third-order valence-electron chi connectivity index (χ3n) is 3.49. The topological polar surface area (TPSA) is 30.7 Å². The van der Waals surface area contributed by atoms with Crippen molar-refractivity contribution in [3.63, 3.8) is 0 Å². The zero-order valence-electron chi connectivity index (χ0n) is 12.1. The van der Waals surface area contributed by atoms with E-state index in [4.69, 9.17) is 0 Å². The molecule has 3 aromatic rings. The van der Waals surface area contributed by atoms with Crippen LogP contribution in [0.2, 0.25) is 0 Å². The molecule has 5 heteroatoms. The van der Waals surface area contributed by atoms with Crippen LogP contribution in [0.3, 0.4) is 0 Å². The predicted octanol–water partition coefficient (Wildman–Crippen LogP) is 4.28. The molecule has 0 aliphatic heterocycles. The second-order valence-corrected chi connectivity index (χ2v) is 6.60. The SMILES string of the molecule is CSc1ccc(-c2nccn2CCc2scnc2C)cc1. The molecular formula is C16H17N3S2. The number of benzene rings is 1. The Hall–Kier alpha value is -1.59. The van der Waals surface area contributed by atoms with Crippen molar-refractivity contribution in [2.24, 2.45) is 0 Å². The number of thiazole rings is 1. The molecule has 21 heavy (non-hydrogen) atoms. The Labute approximate surface area is 133 Å². The van der Waals surface area contributed by atoms with Crippen LogP contribution in [0, 0.1) is 6.92 Å². The number of aryl methyl sites for hydroxylation is 3. The van der Waals surface area contributed by atoms with E-state index in [-0.39, 0.29) is 0 Å². The Morgan fingerprint density at radius 2 is 2.00 bits per heavy atom. The van der Waals surface area contributed by atoms with E-state index in [1.54, 1.807) is 23.1 Å². The molecule has 3 rings (SSSR count). The Morgan fingerprint density at radius 1 is 1.19 bits per heavy atom. The van der Waals surface area contributed by atoms with Crippen LogP contribution in [0.5, 0.6) is 0 Å². The molecule has 1 aromatic carbocycles. The van der Waals surface area contributed by atoms with Gasteiger partial charge in [0.2, 0.25) is 0 Å². The van der Waals surface area contributed by atoms with Gasteiger partial charge in [-0.3, -0.25) is 0 Å². The lowest BCUT2D eigenvalue weighted by molar-refractivity contribution is 0.706. The maximum absolute atomic E-state index is 4.51. The van der Waals surface area contributed by atoms with Crippen molar-refractivity contribution < 1.29 is 0 Å². The molecule has 3 nitrogen and oxygen atoms in total. The van der Waals surface area contributed by atoms with E-state index >= 15 is 0 Å². The Kier molecular flexibility index (Phi) is 4.41. The molecule has 0 unspecified atom stereocenters. The molecule has 0 saturated carbocycles. The summed E-state index contributed by atoms with van der Waals surface area (Å²) in [6.45, 7) is 3.00. The van der Waals surface area contributed by atoms with E-state index in [2.05, 4.69) is 52.0 Å². The summed E-state index contributed by atoms with van der Waals surface area (Å²) in [6.07, 6.45) is 7.02. The number of hydrogen-bond donors (Lipinski definition) is 0. The van der Waals surface area contributed by atoms with E-state index in [0.29, 0.717) is 0 Å². The lowest BCUT2D eigenvalue weighted by Crippen LogP contribution is -2.02. The third kappa shape index (κ3) is 3.19. The van der Waals surface area contributed by atoms with Crippen LogP contribution in [0.1, 0.15) is 10.6 Å². The van der Waals surface area contributed by atoms with Crippen molar-refractivity contribution in [3.8, 4) is 11.4 Å². The monoisotopic (exact) mass is 315 g/mol. The van der Waals surface area contributed by atoms with Gasteiger partial charge in [-0.2, -0.15) is 0 Å². The van der Waals surface area contributed by atoms with Gasteiger partial charge in [-0.1, -0.05) is 12.1 Å². The average Bonchev–Trinajstić information content (AvgIpc) is 3.14. The van der Waals surface area contributed by atoms with Crippen molar-refractivity contribution in [2.45, 2.75) is 24.8 Å². The number of hydrogen-bond acceptors (Lipinski definition) is 4. The molecule has 0 bridgehead atoms.